The van der Waals surface area contributed by atoms with Crippen LogP contribution < -0.4 is 9.64 Å². The monoisotopic (exact) mass is 804 g/mol. The van der Waals surface area contributed by atoms with E-state index >= 15 is 0 Å². The van der Waals surface area contributed by atoms with Crippen molar-refractivity contribution >= 4 is 75.1 Å². The van der Waals surface area contributed by atoms with Crippen molar-refractivity contribution in [1.29, 1.82) is 0 Å². The molecule has 7 rings (SSSR count). The number of nitrogens with zero attached hydrogens (tertiary/aromatic N) is 2. The van der Waals surface area contributed by atoms with Crippen molar-refractivity contribution in [2.45, 2.75) is 34.9 Å². The fourth-order valence-corrected chi connectivity index (χ4v) is 9.44. The summed E-state index contributed by atoms with van der Waals surface area (Å²) in [5.74, 6) is -6.22. The molecular formula is C35H28Cl2FIN2O7. The molecule has 1 saturated carbocycles. The minimum Gasteiger partial charge on any atom is -0.508 e. The van der Waals surface area contributed by atoms with Crippen LogP contribution in [0.25, 0.3) is 0 Å². The van der Waals surface area contributed by atoms with E-state index in [1.165, 1.54) is 42.3 Å². The van der Waals surface area contributed by atoms with Gasteiger partial charge in [-0.3, -0.25) is 24.1 Å². The third-order valence-corrected chi connectivity index (χ3v) is 12.4. The number of phenolic OH excluding ortho intramolecular Hbond substituents is 2. The molecule has 9 nitrogen and oxygen atoms in total. The number of alkyl halides is 2. The highest BCUT2D eigenvalue weighted by atomic mass is 127. The molecule has 248 valence electrons. The normalized spacial score (nSPS) is 29.5. The van der Waals surface area contributed by atoms with Gasteiger partial charge in [-0.15, -0.1) is 23.2 Å². The number of amides is 4. The summed E-state index contributed by atoms with van der Waals surface area (Å²) in [7, 11) is 1.38. The number of ether oxygens (including phenoxy) is 1. The zero-order valence-corrected chi connectivity index (χ0v) is 29.0. The van der Waals surface area contributed by atoms with Crippen molar-refractivity contribution in [2.24, 2.45) is 17.8 Å². The van der Waals surface area contributed by atoms with E-state index in [0.717, 1.165) is 22.6 Å². The van der Waals surface area contributed by atoms with Crippen LogP contribution in [0.3, 0.4) is 0 Å². The Morgan fingerprint density at radius 1 is 0.958 bits per heavy atom. The van der Waals surface area contributed by atoms with Crippen molar-refractivity contribution in [2.75, 3.05) is 18.6 Å². The zero-order chi connectivity index (χ0) is 34.3. The van der Waals surface area contributed by atoms with Crippen LogP contribution in [0.5, 0.6) is 17.2 Å². The third-order valence-electron chi connectivity index (χ3n) is 10.2. The summed E-state index contributed by atoms with van der Waals surface area (Å²) < 4.78 is 19.7. The zero-order valence-electron chi connectivity index (χ0n) is 25.3. The molecule has 2 aliphatic carbocycles. The standard InChI is InChI=1S/C35H28Cl2FIN2O7/c1-48-26-15-18(14-25(39)29(26)43)28-22-10-11-23-27(31(45)40(30(23)44)13-12-17-2-8-21(42)9-3-17)24(22)16-34(36)32(46)41(33(47)35(28,34)37)20-6-4-19(38)5-7-20/h2-10,14-15,23-24,27-28,42-43H,11-13,16H2,1H3. The van der Waals surface area contributed by atoms with Crippen molar-refractivity contribution in [3.8, 4) is 17.2 Å². The Morgan fingerprint density at radius 3 is 2.31 bits per heavy atom. The summed E-state index contributed by atoms with van der Waals surface area (Å²) >= 11 is 16.7. The highest BCUT2D eigenvalue weighted by Gasteiger charge is 2.76. The fraction of sp³-hybridized carbons (Fsp3) is 0.314. The highest BCUT2D eigenvalue weighted by Crippen LogP contribution is 2.66. The Bertz CT molecular complexity index is 1920. The van der Waals surface area contributed by atoms with Crippen LogP contribution >= 0.6 is 45.8 Å². The summed E-state index contributed by atoms with van der Waals surface area (Å²) in [6.07, 6.45) is 2.20. The number of carbonyl (C=O) groups is 4. The number of fused-ring (bicyclic) bond motifs is 4. The van der Waals surface area contributed by atoms with E-state index in [2.05, 4.69) is 0 Å². The summed E-state index contributed by atoms with van der Waals surface area (Å²) in [5.41, 5.74) is 1.93. The quantitative estimate of drug-likeness (QED) is 0.143. The molecule has 6 atom stereocenters. The number of carbonyl (C=O) groups excluding carboxylic acids is 4. The number of anilines is 1. The second kappa shape index (κ2) is 11.7. The smallest absolute Gasteiger partial charge is 0.258 e. The van der Waals surface area contributed by atoms with Crippen LogP contribution in [0.15, 0.2) is 72.3 Å². The molecule has 13 heteroatoms. The van der Waals surface area contributed by atoms with E-state index in [9.17, 15) is 33.8 Å². The van der Waals surface area contributed by atoms with Gasteiger partial charge in [0.2, 0.25) is 11.8 Å². The van der Waals surface area contributed by atoms with Crippen LogP contribution in [0, 0.1) is 27.1 Å². The average Bonchev–Trinajstić information content (AvgIpc) is 3.39. The highest BCUT2D eigenvalue weighted by molar-refractivity contribution is 14.1. The van der Waals surface area contributed by atoms with Gasteiger partial charge in [-0.1, -0.05) is 23.8 Å². The molecule has 6 unspecified atom stereocenters. The Labute approximate surface area is 298 Å². The Morgan fingerprint density at radius 2 is 1.65 bits per heavy atom. The molecule has 4 aliphatic rings. The van der Waals surface area contributed by atoms with Gasteiger partial charge in [-0.25, -0.2) is 9.29 Å². The molecule has 48 heavy (non-hydrogen) atoms. The van der Waals surface area contributed by atoms with E-state index in [-0.39, 0.29) is 48.2 Å². The predicted molar refractivity (Wildman–Crippen MR) is 182 cm³/mol. The Balaban J connectivity index is 1.34. The molecule has 0 radical (unpaired) electrons. The number of aromatic hydroxyl groups is 2. The van der Waals surface area contributed by atoms with Crippen LogP contribution in [0.2, 0.25) is 0 Å². The largest absolute Gasteiger partial charge is 0.508 e. The maximum atomic E-state index is 14.5. The van der Waals surface area contributed by atoms with Crippen LogP contribution in [0.4, 0.5) is 10.1 Å². The first-order valence-electron chi connectivity index (χ1n) is 15.2. The van der Waals surface area contributed by atoms with Gasteiger partial charge in [-0.2, -0.15) is 0 Å². The average molecular weight is 805 g/mol. The molecular weight excluding hydrogens is 777 g/mol. The maximum Gasteiger partial charge on any atom is 0.258 e. The first-order chi connectivity index (χ1) is 22.8. The third kappa shape index (κ3) is 4.68. The molecule has 0 aromatic heterocycles. The molecule has 2 N–H and O–H groups in total. The number of imide groups is 2. The number of halogens is 4. The number of likely N-dealkylation sites (tertiary alicyclic amines) is 1. The summed E-state index contributed by atoms with van der Waals surface area (Å²) in [6, 6.07) is 14.5. The van der Waals surface area contributed by atoms with Gasteiger partial charge in [0.05, 0.1) is 28.2 Å². The summed E-state index contributed by atoms with van der Waals surface area (Å²) in [4.78, 5) is 54.7. The minimum atomic E-state index is -2.11. The van der Waals surface area contributed by atoms with Gasteiger partial charge in [0.25, 0.3) is 11.8 Å². The fourth-order valence-electron chi connectivity index (χ4n) is 7.88. The van der Waals surface area contributed by atoms with Crippen molar-refractivity contribution in [3.63, 3.8) is 0 Å². The van der Waals surface area contributed by atoms with E-state index < -0.39 is 57.0 Å². The van der Waals surface area contributed by atoms with Crippen molar-refractivity contribution in [1.82, 2.24) is 4.90 Å². The van der Waals surface area contributed by atoms with Crippen molar-refractivity contribution in [3.05, 3.63) is 92.8 Å². The number of hydrogen-bond acceptors (Lipinski definition) is 7. The molecule has 0 bridgehead atoms. The van der Waals surface area contributed by atoms with Gasteiger partial charge in [0.1, 0.15) is 11.6 Å². The lowest BCUT2D eigenvalue weighted by Crippen LogP contribution is -2.60. The Kier molecular flexibility index (Phi) is 8.03. The van der Waals surface area contributed by atoms with Gasteiger partial charge >= 0.3 is 0 Å². The van der Waals surface area contributed by atoms with E-state index in [4.69, 9.17) is 27.9 Å². The van der Waals surface area contributed by atoms with E-state index in [1.807, 2.05) is 28.7 Å². The number of hydrogen-bond donors (Lipinski definition) is 2. The molecule has 0 spiro atoms. The first-order valence-corrected chi connectivity index (χ1v) is 17.1. The van der Waals surface area contributed by atoms with Crippen molar-refractivity contribution < 1.29 is 38.5 Å². The number of methoxy groups -OCH3 is 1. The SMILES string of the molecule is COc1cc(C2C3=CCC4C(=O)N(CCc5ccc(O)cc5)C(=O)C4C3CC3(Cl)C(=O)N(c4ccc(F)cc4)C(=O)C23Cl)cc(I)c1O. The summed E-state index contributed by atoms with van der Waals surface area (Å²) in [6.45, 7) is 0.121. The second-order valence-electron chi connectivity index (χ2n) is 12.5. The second-order valence-corrected chi connectivity index (χ2v) is 15.0. The van der Waals surface area contributed by atoms with Gasteiger partial charge < -0.3 is 14.9 Å². The van der Waals surface area contributed by atoms with E-state index in [1.54, 1.807) is 18.2 Å². The Hall–Kier alpha value is -3.68. The molecule has 4 amide bonds. The van der Waals surface area contributed by atoms with Crippen LogP contribution in [-0.4, -0.2) is 62.1 Å². The van der Waals surface area contributed by atoms with Crippen LogP contribution in [0.1, 0.15) is 29.9 Å². The summed E-state index contributed by atoms with van der Waals surface area (Å²) in [5, 5.41) is 20.3. The molecule has 2 aliphatic heterocycles. The van der Waals surface area contributed by atoms with Crippen LogP contribution in [-0.2, 0) is 25.6 Å². The molecule has 3 fully saturated rings. The lowest BCUT2D eigenvalue weighted by molar-refractivity contribution is -0.140. The molecule has 3 aromatic rings. The number of benzene rings is 3. The topological polar surface area (TPSA) is 124 Å². The molecule has 2 saturated heterocycles. The van der Waals surface area contributed by atoms with E-state index in [0.29, 0.717) is 21.1 Å². The first kappa shape index (κ1) is 32.8. The maximum absolute atomic E-state index is 14.5. The van der Waals surface area contributed by atoms with Gasteiger partial charge in [-0.05, 0) is 107 Å². The van der Waals surface area contributed by atoms with Gasteiger partial charge in [0.15, 0.2) is 21.2 Å². The minimum absolute atomic E-state index is 0.0832. The molecule has 2 heterocycles. The number of allylic oxidation sites excluding steroid dienone is 2. The number of rotatable bonds is 6. The predicted octanol–water partition coefficient (Wildman–Crippen LogP) is 5.66. The number of phenols is 2. The lowest BCUT2D eigenvalue weighted by Gasteiger charge is -2.50. The van der Waals surface area contributed by atoms with Gasteiger partial charge in [0, 0.05) is 12.5 Å². The molecule has 3 aromatic carbocycles. The lowest BCUT2D eigenvalue weighted by atomic mass is 9.56.